The van der Waals surface area contributed by atoms with Gasteiger partial charge in [0.2, 0.25) is 5.91 Å². The van der Waals surface area contributed by atoms with Crippen LogP contribution >= 0.6 is 0 Å². The predicted molar refractivity (Wildman–Crippen MR) is 108 cm³/mol. The molecule has 0 aromatic carbocycles. The molecule has 0 radical (unpaired) electrons. The van der Waals surface area contributed by atoms with Crippen molar-refractivity contribution in [3.8, 4) is 0 Å². The van der Waals surface area contributed by atoms with Crippen LogP contribution < -0.4 is 5.32 Å². The van der Waals surface area contributed by atoms with Crippen molar-refractivity contribution in [2.45, 2.75) is 122 Å². The summed E-state index contributed by atoms with van der Waals surface area (Å²) in [7, 11) is 1.71. The van der Waals surface area contributed by atoms with Crippen molar-refractivity contribution in [3.05, 3.63) is 0 Å². The molecule has 0 fully saturated rings. The zero-order valence-electron chi connectivity index (χ0n) is 17.0. The lowest BCUT2D eigenvalue weighted by molar-refractivity contribution is -0.120. The van der Waals surface area contributed by atoms with Crippen LogP contribution in [0.5, 0.6) is 0 Å². The number of ketones is 1. The molecule has 0 bridgehead atoms. The van der Waals surface area contributed by atoms with E-state index in [2.05, 4.69) is 5.32 Å². The Morgan fingerprint density at radius 3 is 1.08 bits per heavy atom. The Morgan fingerprint density at radius 2 is 0.800 bits per heavy atom. The van der Waals surface area contributed by atoms with Crippen LogP contribution in [-0.2, 0) is 9.59 Å². The molecule has 3 heteroatoms. The average Bonchev–Trinajstić information content (AvgIpc) is 2.60. The number of hydrogen-bond donors (Lipinski definition) is 1. The Bertz CT molecular complexity index is 315. The highest BCUT2D eigenvalue weighted by atomic mass is 16.1. The first-order valence-electron chi connectivity index (χ1n) is 10.9. The van der Waals surface area contributed by atoms with Crippen molar-refractivity contribution >= 4 is 11.7 Å². The van der Waals surface area contributed by atoms with Gasteiger partial charge in [0.15, 0.2) is 0 Å². The molecular weight excluding hydrogens is 310 g/mol. The van der Waals surface area contributed by atoms with Crippen LogP contribution in [0.1, 0.15) is 122 Å². The van der Waals surface area contributed by atoms with E-state index in [4.69, 9.17) is 0 Å². The van der Waals surface area contributed by atoms with Gasteiger partial charge in [0.05, 0.1) is 0 Å². The second-order valence-corrected chi connectivity index (χ2v) is 7.53. The molecule has 3 nitrogen and oxygen atoms in total. The number of rotatable bonds is 19. The van der Waals surface area contributed by atoms with Crippen molar-refractivity contribution in [2.24, 2.45) is 0 Å². The molecular formula is C22H43NO2. The van der Waals surface area contributed by atoms with E-state index >= 15 is 0 Å². The molecule has 0 spiro atoms. The van der Waals surface area contributed by atoms with Gasteiger partial charge in [0, 0.05) is 19.9 Å². The first-order valence-corrected chi connectivity index (χ1v) is 10.9. The standard InChI is InChI=1S/C22H43NO2/c1-21(24)19-17-15-13-11-9-7-5-3-4-6-8-10-12-14-16-18-20-22(25)23-2/h3-20H2,1-2H3,(H,23,25). The van der Waals surface area contributed by atoms with Gasteiger partial charge in [0.25, 0.3) is 0 Å². The fourth-order valence-electron chi connectivity index (χ4n) is 3.26. The minimum atomic E-state index is 0.174. The van der Waals surface area contributed by atoms with Crippen LogP contribution in [0.4, 0.5) is 0 Å². The van der Waals surface area contributed by atoms with Crippen LogP contribution in [-0.4, -0.2) is 18.7 Å². The zero-order chi connectivity index (χ0) is 18.6. The fraction of sp³-hybridized carbons (Fsp3) is 0.909. The Labute approximate surface area is 156 Å². The Morgan fingerprint density at radius 1 is 0.520 bits per heavy atom. The lowest BCUT2D eigenvalue weighted by Crippen LogP contribution is -2.16. The summed E-state index contributed by atoms with van der Waals surface area (Å²) >= 11 is 0. The van der Waals surface area contributed by atoms with Crippen LogP contribution in [0.25, 0.3) is 0 Å². The molecule has 0 rings (SSSR count). The zero-order valence-corrected chi connectivity index (χ0v) is 17.0. The van der Waals surface area contributed by atoms with Gasteiger partial charge in [-0.3, -0.25) is 4.79 Å². The van der Waals surface area contributed by atoms with Gasteiger partial charge in [0.1, 0.15) is 5.78 Å². The molecule has 0 heterocycles. The summed E-state index contributed by atoms with van der Waals surface area (Å²) in [6.07, 6.45) is 22.4. The second-order valence-electron chi connectivity index (χ2n) is 7.53. The molecule has 0 saturated carbocycles. The lowest BCUT2D eigenvalue weighted by atomic mass is 10.0. The molecule has 0 aromatic heterocycles. The van der Waals surface area contributed by atoms with Crippen molar-refractivity contribution < 1.29 is 9.59 Å². The van der Waals surface area contributed by atoms with Crippen LogP contribution in [0.15, 0.2) is 0 Å². The average molecular weight is 354 g/mol. The minimum absolute atomic E-state index is 0.174. The Balaban J connectivity index is 3.03. The lowest BCUT2D eigenvalue weighted by Gasteiger charge is -2.04. The van der Waals surface area contributed by atoms with E-state index in [1.165, 1.54) is 89.9 Å². The monoisotopic (exact) mass is 353 g/mol. The quantitative estimate of drug-likeness (QED) is 0.275. The topological polar surface area (TPSA) is 46.2 Å². The third-order valence-corrected chi connectivity index (χ3v) is 4.96. The van der Waals surface area contributed by atoms with Gasteiger partial charge in [-0.1, -0.05) is 89.9 Å². The van der Waals surface area contributed by atoms with Gasteiger partial charge in [-0.25, -0.2) is 0 Å². The minimum Gasteiger partial charge on any atom is -0.359 e. The molecule has 1 N–H and O–H groups in total. The fourth-order valence-corrected chi connectivity index (χ4v) is 3.26. The van der Waals surface area contributed by atoms with Gasteiger partial charge < -0.3 is 10.1 Å². The van der Waals surface area contributed by atoms with Crippen molar-refractivity contribution in [1.82, 2.24) is 5.32 Å². The molecule has 0 aromatic rings. The predicted octanol–water partition coefficient (Wildman–Crippen LogP) is 6.34. The number of carbonyl (C=O) groups is 2. The molecule has 0 aliphatic heterocycles. The Hall–Kier alpha value is -0.860. The maximum Gasteiger partial charge on any atom is 0.219 e. The molecule has 0 aliphatic carbocycles. The highest BCUT2D eigenvalue weighted by Crippen LogP contribution is 2.14. The molecule has 0 atom stereocenters. The second kappa shape index (κ2) is 19.5. The van der Waals surface area contributed by atoms with E-state index in [1.54, 1.807) is 14.0 Å². The SMILES string of the molecule is CNC(=O)CCCCCCCCCCCCCCCCCCC(C)=O. The summed E-state index contributed by atoms with van der Waals surface area (Å²) in [6.45, 7) is 1.69. The number of nitrogens with one attached hydrogen (secondary N) is 1. The summed E-state index contributed by atoms with van der Waals surface area (Å²) in [5.74, 6) is 0.508. The summed E-state index contributed by atoms with van der Waals surface area (Å²) in [5.41, 5.74) is 0. The summed E-state index contributed by atoms with van der Waals surface area (Å²) in [5, 5.41) is 2.67. The van der Waals surface area contributed by atoms with Crippen LogP contribution in [0.2, 0.25) is 0 Å². The van der Waals surface area contributed by atoms with Crippen molar-refractivity contribution in [1.29, 1.82) is 0 Å². The number of carbonyl (C=O) groups excluding carboxylic acids is 2. The molecule has 0 saturated heterocycles. The number of hydrogen-bond acceptors (Lipinski definition) is 2. The highest BCUT2D eigenvalue weighted by molar-refractivity contribution is 5.75. The van der Waals surface area contributed by atoms with Crippen LogP contribution in [0.3, 0.4) is 0 Å². The summed E-state index contributed by atoms with van der Waals surface area (Å²) < 4.78 is 0. The van der Waals surface area contributed by atoms with E-state index in [0.717, 1.165) is 19.3 Å². The molecule has 0 aliphatic rings. The van der Waals surface area contributed by atoms with Gasteiger partial charge in [-0.05, 0) is 19.8 Å². The number of amides is 1. The summed E-state index contributed by atoms with van der Waals surface area (Å²) in [6, 6.07) is 0. The largest absolute Gasteiger partial charge is 0.359 e. The van der Waals surface area contributed by atoms with E-state index in [1.807, 2.05) is 0 Å². The summed E-state index contributed by atoms with van der Waals surface area (Å²) in [4.78, 5) is 21.9. The van der Waals surface area contributed by atoms with E-state index in [-0.39, 0.29) is 5.91 Å². The first kappa shape index (κ1) is 24.1. The van der Waals surface area contributed by atoms with Gasteiger partial charge in [-0.2, -0.15) is 0 Å². The maximum absolute atomic E-state index is 11.1. The Kier molecular flexibility index (Phi) is 18.8. The number of unbranched alkanes of at least 4 members (excludes halogenated alkanes) is 15. The number of Topliss-reactive ketones (excluding diaryl/α,β-unsaturated/α-hetero) is 1. The van der Waals surface area contributed by atoms with E-state index in [9.17, 15) is 9.59 Å². The van der Waals surface area contributed by atoms with Crippen LogP contribution in [0, 0.1) is 0 Å². The smallest absolute Gasteiger partial charge is 0.219 e. The van der Waals surface area contributed by atoms with E-state index in [0.29, 0.717) is 12.2 Å². The van der Waals surface area contributed by atoms with E-state index < -0.39 is 0 Å². The maximum atomic E-state index is 11.1. The molecule has 148 valence electrons. The highest BCUT2D eigenvalue weighted by Gasteiger charge is 1.98. The van der Waals surface area contributed by atoms with Crippen molar-refractivity contribution in [3.63, 3.8) is 0 Å². The first-order chi connectivity index (χ1) is 12.2. The normalized spacial score (nSPS) is 10.8. The molecule has 25 heavy (non-hydrogen) atoms. The third kappa shape index (κ3) is 21.1. The molecule has 0 unspecified atom stereocenters. The van der Waals surface area contributed by atoms with Gasteiger partial charge >= 0.3 is 0 Å². The third-order valence-electron chi connectivity index (χ3n) is 4.96. The van der Waals surface area contributed by atoms with Gasteiger partial charge in [-0.15, -0.1) is 0 Å². The van der Waals surface area contributed by atoms with Crippen molar-refractivity contribution in [2.75, 3.05) is 7.05 Å². The molecule has 1 amide bonds.